The van der Waals surface area contributed by atoms with Gasteiger partial charge in [0.1, 0.15) is 21.4 Å². The molecule has 3 rings (SSSR count). The summed E-state index contributed by atoms with van der Waals surface area (Å²) in [6, 6.07) is 6.94. The Morgan fingerprint density at radius 3 is 2.86 bits per heavy atom. The predicted molar refractivity (Wildman–Crippen MR) is 99.4 cm³/mol. The molecule has 1 aromatic rings. The van der Waals surface area contributed by atoms with Gasteiger partial charge in [-0.15, -0.1) is 0 Å². The third-order valence-corrected chi connectivity index (χ3v) is 6.01. The van der Waals surface area contributed by atoms with Crippen molar-refractivity contribution in [2.24, 2.45) is 11.8 Å². The van der Waals surface area contributed by atoms with Crippen molar-refractivity contribution in [3.05, 3.63) is 29.3 Å². The van der Waals surface area contributed by atoms with Crippen LogP contribution in [-0.4, -0.2) is 21.6 Å². The molecule has 3 heteroatoms. The first kappa shape index (κ1) is 16.0. The van der Waals surface area contributed by atoms with Gasteiger partial charge >= 0.3 is 0 Å². The van der Waals surface area contributed by atoms with E-state index in [1.807, 2.05) is 0 Å². The molecule has 1 unspecified atom stereocenters. The minimum Gasteiger partial charge on any atom is -0.508 e. The van der Waals surface area contributed by atoms with Crippen LogP contribution in [0, 0.1) is 11.8 Å². The molecule has 1 aromatic carbocycles. The second-order valence-electron chi connectivity index (χ2n) is 7.93. The molecule has 0 aliphatic heterocycles. The van der Waals surface area contributed by atoms with Crippen molar-refractivity contribution in [2.45, 2.75) is 70.1 Å². The van der Waals surface area contributed by atoms with E-state index in [1.165, 1.54) is 44.9 Å². The van der Waals surface area contributed by atoms with Gasteiger partial charge in [0.25, 0.3) is 0 Å². The largest absolute Gasteiger partial charge is 0.508 e. The second-order valence-corrected chi connectivity index (χ2v) is 7.93. The van der Waals surface area contributed by atoms with Gasteiger partial charge in [-0.05, 0) is 66.2 Å². The molecule has 22 heavy (non-hydrogen) atoms. The van der Waals surface area contributed by atoms with E-state index in [-0.39, 0.29) is 5.90 Å². The molecule has 2 aliphatic carbocycles. The van der Waals surface area contributed by atoms with E-state index < -0.39 is 0 Å². The molecule has 1 fully saturated rings. The van der Waals surface area contributed by atoms with Crippen LogP contribution in [0.2, 0.25) is 0 Å². The Morgan fingerprint density at radius 1 is 1.32 bits per heavy atom. The molecular formula is C19H30B2O. The predicted octanol–water partition coefficient (Wildman–Crippen LogP) is 3.04. The average molecular weight is 296 g/mol. The molecule has 0 amide bonds. The van der Waals surface area contributed by atoms with Crippen molar-refractivity contribution < 1.29 is 4.74 Å². The molecule has 3 atom stereocenters. The Hall–Kier alpha value is -0.850. The third kappa shape index (κ3) is 2.72. The Bertz CT molecular complexity index is 524. The first-order valence-corrected chi connectivity index (χ1v) is 9.37. The highest BCUT2D eigenvalue weighted by Gasteiger charge is 2.47. The van der Waals surface area contributed by atoms with Gasteiger partial charge in [0.05, 0.1) is 0 Å². The van der Waals surface area contributed by atoms with Gasteiger partial charge in [0.15, 0.2) is 0 Å². The highest BCUT2D eigenvalue weighted by Crippen LogP contribution is 2.55. The van der Waals surface area contributed by atoms with E-state index in [1.54, 1.807) is 11.1 Å². The van der Waals surface area contributed by atoms with Crippen LogP contribution in [0.1, 0.15) is 63.5 Å². The number of benzene rings is 1. The minimum absolute atomic E-state index is 0.254. The zero-order valence-corrected chi connectivity index (χ0v) is 14.8. The highest BCUT2D eigenvalue weighted by atomic mass is 16.5. The van der Waals surface area contributed by atoms with Crippen LogP contribution in [-0.2, 0) is 11.8 Å². The molecule has 2 aliphatic rings. The average Bonchev–Trinajstić information content (AvgIpc) is 2.48. The van der Waals surface area contributed by atoms with Gasteiger partial charge in [-0.2, -0.15) is 0 Å². The molecule has 0 aromatic heterocycles. The summed E-state index contributed by atoms with van der Waals surface area (Å²) in [5.74, 6) is 3.03. The van der Waals surface area contributed by atoms with Crippen LogP contribution in [0.3, 0.4) is 0 Å². The van der Waals surface area contributed by atoms with Gasteiger partial charge in [0, 0.05) is 5.90 Å². The fourth-order valence-electron chi connectivity index (χ4n) is 5.35. The minimum atomic E-state index is 0.254. The van der Waals surface area contributed by atoms with E-state index in [0.29, 0.717) is 5.41 Å². The standard InChI is InChI=1S/C19H30B2O/c1-3-9-19-10-5-4-6-16(19)13(2)11-14-7-8-15(12-17(14)19)22-18(20)21/h7-8,12-13,16,18H,3-6,9-11,20-21H2,1-2H3/t13-,16?,19+/m0/s1. The summed E-state index contributed by atoms with van der Waals surface area (Å²) in [7, 11) is 4.24. The van der Waals surface area contributed by atoms with Gasteiger partial charge in [-0.3, -0.25) is 0 Å². The molecule has 1 nitrogen and oxygen atoms in total. The van der Waals surface area contributed by atoms with Crippen molar-refractivity contribution in [2.75, 3.05) is 0 Å². The normalized spacial score (nSPS) is 30.7. The Balaban J connectivity index is 2.06. The maximum Gasteiger partial charge on any atom is 0.142 e. The quantitative estimate of drug-likeness (QED) is 0.776. The topological polar surface area (TPSA) is 9.23 Å². The fraction of sp³-hybridized carbons (Fsp3) is 0.684. The third-order valence-electron chi connectivity index (χ3n) is 6.01. The van der Waals surface area contributed by atoms with Gasteiger partial charge in [0.2, 0.25) is 0 Å². The smallest absolute Gasteiger partial charge is 0.142 e. The lowest BCUT2D eigenvalue weighted by Gasteiger charge is -2.52. The van der Waals surface area contributed by atoms with E-state index in [2.05, 4.69) is 47.7 Å². The monoisotopic (exact) mass is 296 g/mol. The molecule has 0 heterocycles. The maximum absolute atomic E-state index is 6.01. The molecular weight excluding hydrogens is 266 g/mol. The van der Waals surface area contributed by atoms with Gasteiger partial charge in [-0.1, -0.05) is 39.2 Å². The first-order valence-electron chi connectivity index (χ1n) is 9.37. The summed E-state index contributed by atoms with van der Waals surface area (Å²) in [5, 5.41) is 0. The summed E-state index contributed by atoms with van der Waals surface area (Å²) in [5.41, 5.74) is 3.65. The maximum atomic E-state index is 6.01. The van der Waals surface area contributed by atoms with Crippen molar-refractivity contribution >= 4 is 15.7 Å². The zero-order valence-electron chi connectivity index (χ0n) is 14.8. The van der Waals surface area contributed by atoms with Crippen LogP contribution in [0.25, 0.3) is 0 Å². The molecule has 0 saturated heterocycles. The Morgan fingerprint density at radius 2 is 2.14 bits per heavy atom. The van der Waals surface area contributed by atoms with Crippen LogP contribution in [0.5, 0.6) is 5.75 Å². The van der Waals surface area contributed by atoms with Crippen molar-refractivity contribution in [3.63, 3.8) is 0 Å². The van der Waals surface area contributed by atoms with Crippen molar-refractivity contribution in [1.29, 1.82) is 0 Å². The summed E-state index contributed by atoms with van der Waals surface area (Å²) in [6.45, 7) is 4.84. The van der Waals surface area contributed by atoms with Crippen LogP contribution in [0.15, 0.2) is 18.2 Å². The summed E-state index contributed by atoms with van der Waals surface area (Å²) < 4.78 is 6.01. The number of ether oxygens (including phenoxy) is 1. The summed E-state index contributed by atoms with van der Waals surface area (Å²) >= 11 is 0. The van der Waals surface area contributed by atoms with Crippen molar-refractivity contribution in [3.8, 4) is 5.75 Å². The summed E-state index contributed by atoms with van der Waals surface area (Å²) in [6.07, 6.45) is 9.53. The molecule has 118 valence electrons. The second kappa shape index (κ2) is 6.34. The Labute approximate surface area is 138 Å². The van der Waals surface area contributed by atoms with E-state index in [9.17, 15) is 0 Å². The molecule has 0 radical (unpaired) electrons. The molecule has 0 bridgehead atoms. The lowest BCUT2D eigenvalue weighted by atomic mass is 9.52. The van der Waals surface area contributed by atoms with E-state index >= 15 is 0 Å². The van der Waals surface area contributed by atoms with Crippen molar-refractivity contribution in [1.82, 2.24) is 0 Å². The fourth-order valence-corrected chi connectivity index (χ4v) is 5.35. The van der Waals surface area contributed by atoms with Crippen LogP contribution in [0.4, 0.5) is 0 Å². The molecule has 1 saturated carbocycles. The summed E-state index contributed by atoms with van der Waals surface area (Å²) in [4.78, 5) is 0. The highest BCUT2D eigenvalue weighted by molar-refractivity contribution is 6.34. The van der Waals surface area contributed by atoms with Crippen LogP contribution >= 0.6 is 0 Å². The van der Waals surface area contributed by atoms with Gasteiger partial charge in [-0.25, -0.2) is 0 Å². The van der Waals surface area contributed by atoms with E-state index in [4.69, 9.17) is 4.74 Å². The molecule has 0 spiro atoms. The number of hydrogen-bond donors (Lipinski definition) is 0. The first-order chi connectivity index (χ1) is 10.6. The SMILES string of the molecule is BC(B)Oc1ccc2c(c1)[C@]1(CCC)CCCCC1[C@@H](C)C2. The Kier molecular flexibility index (Phi) is 4.61. The van der Waals surface area contributed by atoms with Crippen LogP contribution < -0.4 is 4.74 Å². The number of hydrogen-bond acceptors (Lipinski definition) is 1. The number of rotatable bonds is 4. The zero-order chi connectivity index (χ0) is 15.7. The lowest BCUT2D eigenvalue weighted by molar-refractivity contribution is 0.101. The van der Waals surface area contributed by atoms with Gasteiger partial charge < -0.3 is 4.74 Å². The number of fused-ring (bicyclic) bond motifs is 3. The lowest BCUT2D eigenvalue weighted by Crippen LogP contribution is -2.45. The van der Waals surface area contributed by atoms with E-state index in [0.717, 1.165) is 17.6 Å². The molecule has 0 N–H and O–H groups in total.